The summed E-state index contributed by atoms with van der Waals surface area (Å²) in [6, 6.07) is 4.97. The van der Waals surface area contributed by atoms with Gasteiger partial charge in [-0.2, -0.15) is 0 Å². The minimum absolute atomic E-state index is 0.00323. The summed E-state index contributed by atoms with van der Waals surface area (Å²) in [6.45, 7) is 0. The van der Waals surface area contributed by atoms with E-state index in [1.165, 1.54) is 18.2 Å². The molecule has 0 unspecified atom stereocenters. The third kappa shape index (κ3) is 5.11. The van der Waals surface area contributed by atoms with Gasteiger partial charge in [0, 0.05) is 0 Å². The van der Waals surface area contributed by atoms with Gasteiger partial charge in [-0.15, -0.1) is 0 Å². The Hall–Kier alpha value is -2.37. The molecule has 0 aromatic heterocycles. The van der Waals surface area contributed by atoms with Crippen LogP contribution in [0.1, 0.15) is 12.8 Å². The quantitative estimate of drug-likeness (QED) is 0.759. The smallest absolute Gasteiger partial charge is 0.311 e. The molecule has 0 bridgehead atoms. The highest BCUT2D eigenvalue weighted by Gasteiger charge is 2.08. The summed E-state index contributed by atoms with van der Waals surface area (Å²) >= 11 is 0. The zero-order valence-electron chi connectivity index (χ0n) is 9.30. The Kier molecular flexibility index (Phi) is 4.86. The SMILES string of the molecule is O=C(O)C/C=C(\CC(=O)O)Oc1ccc(F)cc1. The molecule has 5 nitrogen and oxygen atoms in total. The maximum atomic E-state index is 12.6. The minimum Gasteiger partial charge on any atom is -0.481 e. The van der Waals surface area contributed by atoms with Gasteiger partial charge in [0.15, 0.2) is 0 Å². The lowest BCUT2D eigenvalue weighted by atomic mass is 10.2. The first-order valence-corrected chi connectivity index (χ1v) is 5.03. The summed E-state index contributed by atoms with van der Waals surface area (Å²) in [5.41, 5.74) is 0. The molecule has 1 aromatic rings. The molecule has 6 heteroatoms. The molecule has 1 rings (SSSR count). The third-order valence-corrected chi connectivity index (χ3v) is 1.89. The van der Waals surface area contributed by atoms with Crippen LogP contribution in [0, 0.1) is 5.82 Å². The van der Waals surface area contributed by atoms with Gasteiger partial charge < -0.3 is 14.9 Å². The lowest BCUT2D eigenvalue weighted by molar-refractivity contribution is -0.137. The van der Waals surface area contributed by atoms with Crippen LogP contribution in [0.25, 0.3) is 0 Å². The molecule has 1 aromatic carbocycles. The molecule has 0 aliphatic carbocycles. The number of halogens is 1. The van der Waals surface area contributed by atoms with Crippen molar-refractivity contribution in [3.8, 4) is 5.75 Å². The van der Waals surface area contributed by atoms with Gasteiger partial charge in [-0.1, -0.05) is 0 Å². The van der Waals surface area contributed by atoms with E-state index >= 15 is 0 Å². The van der Waals surface area contributed by atoms with Gasteiger partial charge in [0.2, 0.25) is 0 Å². The largest absolute Gasteiger partial charge is 0.481 e. The highest BCUT2D eigenvalue weighted by molar-refractivity contribution is 5.71. The first-order valence-electron chi connectivity index (χ1n) is 5.03. The zero-order valence-corrected chi connectivity index (χ0v) is 9.30. The van der Waals surface area contributed by atoms with Gasteiger partial charge in [-0.05, 0) is 30.3 Å². The van der Waals surface area contributed by atoms with Crippen LogP contribution in [0.4, 0.5) is 4.39 Å². The second kappa shape index (κ2) is 6.39. The molecule has 0 aliphatic rings. The minimum atomic E-state index is -1.14. The molecule has 0 amide bonds. The molecule has 0 aliphatic heterocycles. The third-order valence-electron chi connectivity index (χ3n) is 1.89. The van der Waals surface area contributed by atoms with E-state index in [0.29, 0.717) is 0 Å². The Labute approximate surface area is 102 Å². The Morgan fingerprint density at radius 3 is 2.28 bits per heavy atom. The molecule has 0 spiro atoms. The van der Waals surface area contributed by atoms with E-state index in [1.54, 1.807) is 0 Å². The monoisotopic (exact) mass is 254 g/mol. The van der Waals surface area contributed by atoms with Crippen molar-refractivity contribution in [2.24, 2.45) is 0 Å². The average Bonchev–Trinajstić information content (AvgIpc) is 2.28. The van der Waals surface area contributed by atoms with Crippen LogP contribution in [0.2, 0.25) is 0 Å². The molecule has 2 N–H and O–H groups in total. The van der Waals surface area contributed by atoms with Crippen LogP contribution in [0.15, 0.2) is 36.1 Å². The van der Waals surface area contributed by atoms with Crippen molar-refractivity contribution < 1.29 is 28.9 Å². The highest BCUT2D eigenvalue weighted by Crippen LogP contribution is 2.16. The second-order valence-corrected chi connectivity index (χ2v) is 3.39. The topological polar surface area (TPSA) is 83.8 Å². The summed E-state index contributed by atoms with van der Waals surface area (Å²) in [5, 5.41) is 17.1. The number of carboxylic acid groups (broad SMARTS) is 2. The van der Waals surface area contributed by atoms with Crippen LogP contribution in [0.5, 0.6) is 5.75 Å². The van der Waals surface area contributed by atoms with Crippen molar-refractivity contribution in [2.45, 2.75) is 12.8 Å². The van der Waals surface area contributed by atoms with Crippen molar-refractivity contribution >= 4 is 11.9 Å². The Morgan fingerprint density at radius 2 is 1.78 bits per heavy atom. The highest BCUT2D eigenvalue weighted by atomic mass is 19.1. The molecule has 0 atom stereocenters. The molecule has 0 fully saturated rings. The van der Waals surface area contributed by atoms with E-state index in [2.05, 4.69) is 0 Å². The summed E-state index contributed by atoms with van der Waals surface area (Å²) in [5.74, 6) is -2.45. The van der Waals surface area contributed by atoms with Crippen molar-refractivity contribution in [3.05, 3.63) is 41.9 Å². The molecule has 0 saturated heterocycles. The van der Waals surface area contributed by atoms with Gasteiger partial charge in [0.05, 0.1) is 6.42 Å². The maximum absolute atomic E-state index is 12.6. The van der Waals surface area contributed by atoms with Crippen molar-refractivity contribution in [1.82, 2.24) is 0 Å². The van der Waals surface area contributed by atoms with Crippen LogP contribution in [0.3, 0.4) is 0 Å². The Morgan fingerprint density at radius 1 is 1.17 bits per heavy atom. The lowest BCUT2D eigenvalue weighted by Crippen LogP contribution is -2.05. The van der Waals surface area contributed by atoms with E-state index in [-0.39, 0.29) is 17.9 Å². The van der Waals surface area contributed by atoms with Crippen molar-refractivity contribution in [2.75, 3.05) is 0 Å². The van der Waals surface area contributed by atoms with Crippen LogP contribution >= 0.6 is 0 Å². The Bertz CT molecular complexity index is 464. The van der Waals surface area contributed by atoms with Crippen LogP contribution in [-0.2, 0) is 9.59 Å². The number of hydrogen-bond acceptors (Lipinski definition) is 3. The zero-order chi connectivity index (χ0) is 13.5. The summed E-state index contributed by atoms with van der Waals surface area (Å²) in [4.78, 5) is 21.0. The van der Waals surface area contributed by atoms with Gasteiger partial charge in [-0.25, -0.2) is 4.39 Å². The predicted molar refractivity (Wildman–Crippen MR) is 59.6 cm³/mol. The molecule has 0 saturated carbocycles. The first kappa shape index (κ1) is 13.7. The standard InChI is InChI=1S/C12H11FO5/c13-8-1-3-9(4-2-8)18-10(7-12(16)17)5-6-11(14)15/h1-5H,6-7H2,(H,14,15)(H,16,17)/b10-5+. The number of rotatable bonds is 6. The van der Waals surface area contributed by atoms with Gasteiger partial charge in [0.25, 0.3) is 0 Å². The number of carboxylic acids is 2. The number of aliphatic carboxylic acids is 2. The maximum Gasteiger partial charge on any atom is 0.311 e. The molecular formula is C12H11FO5. The summed E-state index contributed by atoms with van der Waals surface area (Å²) in [7, 11) is 0. The first-order chi connectivity index (χ1) is 8.47. The van der Waals surface area contributed by atoms with E-state index in [4.69, 9.17) is 14.9 Å². The second-order valence-electron chi connectivity index (χ2n) is 3.39. The molecule has 0 radical (unpaired) electrons. The van der Waals surface area contributed by atoms with Crippen molar-refractivity contribution in [1.29, 1.82) is 0 Å². The predicted octanol–water partition coefficient (Wildman–Crippen LogP) is 2.04. The molecule has 0 heterocycles. The number of benzene rings is 1. The fourth-order valence-corrected chi connectivity index (χ4v) is 1.15. The van der Waals surface area contributed by atoms with E-state index in [9.17, 15) is 14.0 Å². The fraction of sp³-hybridized carbons (Fsp3) is 0.167. The normalized spacial score (nSPS) is 11.1. The van der Waals surface area contributed by atoms with Gasteiger partial charge in [0.1, 0.15) is 23.7 Å². The number of hydrogen-bond donors (Lipinski definition) is 2. The Balaban J connectivity index is 2.77. The number of ether oxygens (including phenoxy) is 1. The van der Waals surface area contributed by atoms with E-state index in [0.717, 1.165) is 12.1 Å². The molecule has 18 heavy (non-hydrogen) atoms. The summed E-state index contributed by atoms with van der Waals surface area (Å²) in [6.07, 6.45) is 0.383. The molecular weight excluding hydrogens is 243 g/mol. The van der Waals surface area contributed by atoms with Crippen LogP contribution in [-0.4, -0.2) is 22.2 Å². The van der Waals surface area contributed by atoms with E-state index in [1.807, 2.05) is 0 Å². The number of carbonyl (C=O) groups is 2. The fourth-order valence-electron chi connectivity index (χ4n) is 1.15. The van der Waals surface area contributed by atoms with Crippen LogP contribution < -0.4 is 4.74 Å². The van der Waals surface area contributed by atoms with Gasteiger partial charge in [-0.3, -0.25) is 9.59 Å². The summed E-state index contributed by atoms with van der Waals surface area (Å²) < 4.78 is 17.8. The average molecular weight is 254 g/mol. The lowest BCUT2D eigenvalue weighted by Gasteiger charge is -2.08. The molecule has 96 valence electrons. The van der Waals surface area contributed by atoms with Crippen molar-refractivity contribution in [3.63, 3.8) is 0 Å². The van der Waals surface area contributed by atoms with E-state index < -0.39 is 24.2 Å². The van der Waals surface area contributed by atoms with Gasteiger partial charge >= 0.3 is 11.9 Å².